The van der Waals surface area contributed by atoms with Crippen molar-refractivity contribution in [1.82, 2.24) is 20.1 Å². The number of pyridine rings is 1. The van der Waals surface area contributed by atoms with Crippen LogP contribution >= 0.6 is 0 Å². The summed E-state index contributed by atoms with van der Waals surface area (Å²) in [7, 11) is 0. The molecule has 4 N–H and O–H groups in total. The van der Waals surface area contributed by atoms with Gasteiger partial charge in [-0.25, -0.2) is 9.78 Å². The van der Waals surface area contributed by atoms with E-state index in [-0.39, 0.29) is 0 Å². The van der Waals surface area contributed by atoms with Gasteiger partial charge in [-0.2, -0.15) is 0 Å². The minimum atomic E-state index is -0.582. The first-order valence-corrected chi connectivity index (χ1v) is 9.59. The predicted octanol–water partition coefficient (Wildman–Crippen LogP) is 2.26. The monoisotopic (exact) mass is 367 g/mol. The Labute approximate surface area is 154 Å². The Bertz CT molecular complexity index is 1070. The van der Waals surface area contributed by atoms with E-state index in [0.717, 1.165) is 41.5 Å². The van der Waals surface area contributed by atoms with Gasteiger partial charge in [-0.05, 0) is 55.9 Å². The largest absolute Gasteiger partial charge is 0.439 e. The Morgan fingerprint density at radius 1 is 1.26 bits per heavy atom. The van der Waals surface area contributed by atoms with E-state index < -0.39 is 11.4 Å². The lowest BCUT2D eigenvalue weighted by Crippen LogP contribution is -2.59. The number of fused-ring (bicyclic) bond motifs is 1. The normalized spacial score (nSPS) is 34.4. The molecule has 0 aliphatic heterocycles. The van der Waals surface area contributed by atoms with Gasteiger partial charge in [0, 0.05) is 23.8 Å². The molecule has 27 heavy (non-hydrogen) atoms. The smallest absolute Gasteiger partial charge is 0.390 e. The van der Waals surface area contributed by atoms with Gasteiger partial charge >= 0.3 is 5.76 Å². The highest BCUT2D eigenvalue weighted by molar-refractivity contribution is 5.97. The van der Waals surface area contributed by atoms with Gasteiger partial charge in [0.2, 0.25) is 0 Å². The van der Waals surface area contributed by atoms with E-state index in [1.807, 2.05) is 12.3 Å². The van der Waals surface area contributed by atoms with Crippen LogP contribution in [-0.2, 0) is 0 Å². The summed E-state index contributed by atoms with van der Waals surface area (Å²) in [5.74, 6) is 1.38. The zero-order valence-electron chi connectivity index (χ0n) is 14.7. The molecule has 8 heteroatoms. The Hall–Kier alpha value is -2.61. The van der Waals surface area contributed by atoms with Crippen LogP contribution in [-0.4, -0.2) is 36.9 Å². The molecule has 140 valence electrons. The Morgan fingerprint density at radius 3 is 2.78 bits per heavy atom. The fourth-order valence-corrected chi connectivity index (χ4v) is 6.07. The first-order chi connectivity index (χ1) is 13.1. The van der Waals surface area contributed by atoms with Crippen LogP contribution in [0.1, 0.15) is 32.1 Å². The standard InChI is InChI=1S/C19H21N5O3/c25-18-23-17(24-27-18)13-8-21-16-12(1-2-20-16)15(13)22-14-10-3-9-4-11(14)7-19(26,5-9)6-10/h1-2,8-11,14,26H,3-7H2,(H2,20,21,22)(H,23,24,25)/t9?,10?,11?,14-,19+. The average Bonchev–Trinajstić information content (AvgIpc) is 3.25. The zero-order valence-corrected chi connectivity index (χ0v) is 14.7. The maximum Gasteiger partial charge on any atom is 0.439 e. The van der Waals surface area contributed by atoms with Crippen molar-refractivity contribution < 1.29 is 9.63 Å². The molecule has 3 heterocycles. The summed E-state index contributed by atoms with van der Waals surface area (Å²) < 4.78 is 4.71. The fourth-order valence-electron chi connectivity index (χ4n) is 6.07. The second-order valence-electron chi connectivity index (χ2n) is 8.59. The summed E-state index contributed by atoms with van der Waals surface area (Å²) in [6, 6.07) is 2.29. The minimum Gasteiger partial charge on any atom is -0.390 e. The summed E-state index contributed by atoms with van der Waals surface area (Å²) >= 11 is 0. The lowest BCUT2D eigenvalue weighted by Gasteiger charge is -2.58. The number of hydrogen-bond acceptors (Lipinski definition) is 6. The topological polar surface area (TPSA) is 120 Å². The highest BCUT2D eigenvalue weighted by Crippen LogP contribution is 2.56. The molecular weight excluding hydrogens is 346 g/mol. The zero-order chi connectivity index (χ0) is 18.2. The van der Waals surface area contributed by atoms with Crippen molar-refractivity contribution in [3.8, 4) is 11.4 Å². The van der Waals surface area contributed by atoms with Gasteiger partial charge in [0.25, 0.3) is 0 Å². The van der Waals surface area contributed by atoms with Gasteiger partial charge in [0.05, 0.1) is 16.9 Å². The van der Waals surface area contributed by atoms with Crippen molar-refractivity contribution in [3.63, 3.8) is 0 Å². The third kappa shape index (κ3) is 2.29. The number of hydrogen-bond donors (Lipinski definition) is 4. The second-order valence-corrected chi connectivity index (χ2v) is 8.59. The molecule has 7 rings (SSSR count). The SMILES string of the molecule is O=c1[nH]c(-c2cnc3[nH]ccc3c2N[C@H]2C3CC4CC2C[C@@](O)(C4)C3)no1. The number of aliphatic hydroxyl groups is 1. The summed E-state index contributed by atoms with van der Waals surface area (Å²) in [4.78, 5) is 21.7. The third-order valence-electron chi connectivity index (χ3n) is 6.83. The summed E-state index contributed by atoms with van der Waals surface area (Å²) in [6.45, 7) is 0. The van der Waals surface area contributed by atoms with Crippen LogP contribution in [0.3, 0.4) is 0 Å². The van der Waals surface area contributed by atoms with Gasteiger partial charge < -0.3 is 15.4 Å². The van der Waals surface area contributed by atoms with E-state index >= 15 is 0 Å². The maximum atomic E-state index is 11.5. The molecular formula is C19H21N5O3. The van der Waals surface area contributed by atoms with E-state index in [4.69, 9.17) is 4.52 Å². The minimum absolute atomic E-state index is 0.305. The number of nitrogens with zero attached hydrogens (tertiary/aromatic N) is 2. The first kappa shape index (κ1) is 15.4. The number of anilines is 1. The van der Waals surface area contributed by atoms with Crippen molar-refractivity contribution in [2.75, 3.05) is 5.32 Å². The molecule has 4 fully saturated rings. The first-order valence-electron chi connectivity index (χ1n) is 9.59. The summed E-state index contributed by atoms with van der Waals surface area (Å²) in [6.07, 6.45) is 8.62. The molecule has 0 spiro atoms. The Morgan fingerprint density at radius 2 is 2.07 bits per heavy atom. The molecule has 0 radical (unpaired) electrons. The highest BCUT2D eigenvalue weighted by atomic mass is 16.5. The van der Waals surface area contributed by atoms with E-state index in [0.29, 0.717) is 29.6 Å². The van der Waals surface area contributed by atoms with Crippen LogP contribution in [0.5, 0.6) is 0 Å². The molecule has 2 atom stereocenters. The van der Waals surface area contributed by atoms with Crippen LogP contribution < -0.4 is 11.1 Å². The van der Waals surface area contributed by atoms with E-state index in [9.17, 15) is 9.90 Å². The fraction of sp³-hybridized carbons (Fsp3) is 0.526. The van der Waals surface area contributed by atoms with Crippen molar-refractivity contribution in [2.24, 2.45) is 17.8 Å². The molecule has 4 bridgehead atoms. The molecule has 4 aliphatic carbocycles. The molecule has 4 aliphatic rings. The van der Waals surface area contributed by atoms with Gasteiger partial charge in [-0.1, -0.05) is 5.16 Å². The molecule has 0 amide bonds. The predicted molar refractivity (Wildman–Crippen MR) is 98.1 cm³/mol. The maximum absolute atomic E-state index is 11.5. The molecule has 3 aromatic rings. The third-order valence-corrected chi connectivity index (χ3v) is 6.83. The van der Waals surface area contributed by atoms with Crippen LogP contribution in [0.25, 0.3) is 22.4 Å². The second kappa shape index (κ2) is 5.22. The molecule has 8 nitrogen and oxygen atoms in total. The van der Waals surface area contributed by atoms with Crippen LogP contribution in [0.4, 0.5) is 5.69 Å². The number of aromatic nitrogens is 4. The molecule has 0 aromatic carbocycles. The van der Waals surface area contributed by atoms with Crippen molar-refractivity contribution in [3.05, 3.63) is 29.0 Å². The molecule has 2 unspecified atom stereocenters. The number of nitrogens with one attached hydrogen (secondary N) is 3. The van der Waals surface area contributed by atoms with Crippen molar-refractivity contribution in [1.29, 1.82) is 0 Å². The van der Waals surface area contributed by atoms with Gasteiger partial charge in [-0.3, -0.25) is 9.51 Å². The summed E-state index contributed by atoms with van der Waals surface area (Å²) in [5, 5.41) is 19.4. The van der Waals surface area contributed by atoms with E-state index in [1.54, 1.807) is 6.20 Å². The Kier molecular flexibility index (Phi) is 2.99. The van der Waals surface area contributed by atoms with Gasteiger partial charge in [-0.15, -0.1) is 0 Å². The van der Waals surface area contributed by atoms with Gasteiger partial charge in [0.1, 0.15) is 5.65 Å². The van der Waals surface area contributed by atoms with Gasteiger partial charge in [0.15, 0.2) is 5.82 Å². The quantitative estimate of drug-likeness (QED) is 0.564. The number of H-pyrrole nitrogens is 2. The van der Waals surface area contributed by atoms with Crippen LogP contribution in [0.15, 0.2) is 27.8 Å². The lowest BCUT2D eigenvalue weighted by atomic mass is 9.52. The average molecular weight is 367 g/mol. The van der Waals surface area contributed by atoms with Crippen LogP contribution in [0, 0.1) is 17.8 Å². The van der Waals surface area contributed by atoms with E-state index in [1.165, 1.54) is 12.8 Å². The number of aromatic amines is 2. The van der Waals surface area contributed by atoms with Crippen molar-refractivity contribution >= 4 is 16.7 Å². The van der Waals surface area contributed by atoms with Crippen molar-refractivity contribution in [2.45, 2.75) is 43.7 Å². The lowest BCUT2D eigenvalue weighted by molar-refractivity contribution is -0.129. The highest BCUT2D eigenvalue weighted by Gasteiger charge is 2.54. The summed E-state index contributed by atoms with van der Waals surface area (Å²) in [5.41, 5.74) is 1.96. The molecule has 4 saturated carbocycles. The molecule has 3 aromatic heterocycles. The number of rotatable bonds is 3. The Balaban J connectivity index is 1.44. The van der Waals surface area contributed by atoms with Crippen LogP contribution in [0.2, 0.25) is 0 Å². The molecule has 0 saturated heterocycles. The van der Waals surface area contributed by atoms with E-state index in [2.05, 4.69) is 25.4 Å².